The average molecular weight is 276 g/mol. The van der Waals surface area contributed by atoms with E-state index in [0.29, 0.717) is 12.1 Å². The number of likely N-dealkylation sites (N-methyl/N-ethyl adjacent to an activating group) is 1. The second-order valence-corrected chi connectivity index (χ2v) is 6.72. The minimum absolute atomic E-state index is 0.406. The van der Waals surface area contributed by atoms with E-state index >= 15 is 0 Å². The molecule has 0 spiro atoms. The average Bonchev–Trinajstić information content (AvgIpc) is 2.36. The zero-order valence-corrected chi connectivity index (χ0v) is 14.3. The molecule has 0 aliphatic carbocycles. The molecule has 20 heavy (non-hydrogen) atoms. The summed E-state index contributed by atoms with van der Waals surface area (Å²) in [6.45, 7) is 12.2. The van der Waals surface area contributed by atoms with Gasteiger partial charge in [-0.15, -0.1) is 0 Å². The molecular weight excluding hydrogens is 244 g/mol. The normalized spacial score (nSPS) is 14.8. The number of hydrogen-bond acceptors (Lipinski definition) is 2. The molecule has 1 rings (SSSR count). The molecule has 0 saturated heterocycles. The monoisotopic (exact) mass is 276 g/mol. The number of benzene rings is 1. The summed E-state index contributed by atoms with van der Waals surface area (Å²) in [4.78, 5) is 2.33. The van der Waals surface area contributed by atoms with Gasteiger partial charge in [-0.25, -0.2) is 0 Å². The lowest BCUT2D eigenvalue weighted by molar-refractivity contribution is 0.242. The van der Waals surface area contributed by atoms with Crippen molar-refractivity contribution in [3.8, 4) is 0 Å². The van der Waals surface area contributed by atoms with Crippen molar-refractivity contribution >= 4 is 0 Å². The van der Waals surface area contributed by atoms with Gasteiger partial charge in [-0.2, -0.15) is 0 Å². The molecule has 0 amide bonds. The van der Waals surface area contributed by atoms with Crippen LogP contribution in [0.5, 0.6) is 0 Å². The summed E-state index contributed by atoms with van der Waals surface area (Å²) in [5.41, 5.74) is 4.13. The Hall–Kier alpha value is -0.860. The minimum atomic E-state index is 0.406. The van der Waals surface area contributed by atoms with Crippen molar-refractivity contribution in [1.29, 1.82) is 0 Å². The molecule has 2 atom stereocenters. The Kier molecular flexibility index (Phi) is 6.70. The first-order chi connectivity index (χ1) is 9.31. The van der Waals surface area contributed by atoms with Crippen LogP contribution in [-0.4, -0.2) is 31.6 Å². The zero-order valence-electron chi connectivity index (χ0n) is 14.3. The third-order valence-electron chi connectivity index (χ3n) is 4.16. The van der Waals surface area contributed by atoms with Crippen LogP contribution in [0, 0.1) is 19.8 Å². The van der Waals surface area contributed by atoms with E-state index in [2.05, 4.69) is 77.1 Å². The number of nitrogens with one attached hydrogen (secondary N) is 1. The Balaban J connectivity index is 2.60. The summed E-state index contributed by atoms with van der Waals surface area (Å²) < 4.78 is 0. The lowest BCUT2D eigenvalue weighted by atomic mass is 10.0. The van der Waals surface area contributed by atoms with Crippen LogP contribution < -0.4 is 5.32 Å². The number of rotatable bonds is 7. The first-order valence-corrected chi connectivity index (χ1v) is 7.78. The van der Waals surface area contributed by atoms with Gasteiger partial charge in [0.25, 0.3) is 0 Å². The van der Waals surface area contributed by atoms with Crippen molar-refractivity contribution in [2.24, 2.45) is 5.92 Å². The Morgan fingerprint density at radius 2 is 1.70 bits per heavy atom. The summed E-state index contributed by atoms with van der Waals surface area (Å²) in [5, 5.41) is 3.69. The molecular formula is C18H32N2. The molecule has 0 radical (unpaired) electrons. The van der Waals surface area contributed by atoms with Crippen LogP contribution in [0.1, 0.15) is 49.9 Å². The maximum atomic E-state index is 3.69. The first kappa shape index (κ1) is 17.2. The molecule has 2 heteroatoms. The van der Waals surface area contributed by atoms with Crippen LogP contribution >= 0.6 is 0 Å². The lowest BCUT2D eigenvalue weighted by Crippen LogP contribution is -2.39. The molecule has 0 saturated carbocycles. The van der Waals surface area contributed by atoms with E-state index in [0.717, 1.165) is 12.5 Å². The third kappa shape index (κ3) is 5.26. The summed E-state index contributed by atoms with van der Waals surface area (Å²) in [7, 11) is 4.35. The number of hydrogen-bond donors (Lipinski definition) is 1. The largest absolute Gasteiger partial charge is 0.309 e. The second-order valence-electron chi connectivity index (χ2n) is 6.72. The van der Waals surface area contributed by atoms with Crippen LogP contribution in [0.15, 0.2) is 18.2 Å². The van der Waals surface area contributed by atoms with Gasteiger partial charge in [0.1, 0.15) is 0 Å². The van der Waals surface area contributed by atoms with Crippen molar-refractivity contribution in [2.75, 3.05) is 20.6 Å². The van der Waals surface area contributed by atoms with E-state index < -0.39 is 0 Å². The molecule has 2 nitrogen and oxygen atoms in total. The van der Waals surface area contributed by atoms with Gasteiger partial charge in [0.05, 0.1) is 0 Å². The highest BCUT2D eigenvalue weighted by Crippen LogP contribution is 2.17. The van der Waals surface area contributed by atoms with Crippen molar-refractivity contribution < 1.29 is 0 Å². The number of aryl methyl sites for hydroxylation is 2. The summed E-state index contributed by atoms with van der Waals surface area (Å²) in [5.74, 6) is 0.737. The second kappa shape index (κ2) is 7.80. The number of nitrogens with zero attached hydrogens (tertiary/aromatic N) is 1. The molecule has 1 N–H and O–H groups in total. The third-order valence-corrected chi connectivity index (χ3v) is 4.16. The fourth-order valence-corrected chi connectivity index (χ4v) is 2.49. The van der Waals surface area contributed by atoms with E-state index in [-0.39, 0.29) is 0 Å². The van der Waals surface area contributed by atoms with Gasteiger partial charge in [0.2, 0.25) is 0 Å². The first-order valence-electron chi connectivity index (χ1n) is 7.78. The van der Waals surface area contributed by atoms with Gasteiger partial charge in [0.15, 0.2) is 0 Å². The minimum Gasteiger partial charge on any atom is -0.309 e. The molecule has 114 valence electrons. The quantitative estimate of drug-likeness (QED) is 0.811. The van der Waals surface area contributed by atoms with E-state index in [1.165, 1.54) is 23.1 Å². The fourth-order valence-electron chi connectivity index (χ4n) is 2.49. The van der Waals surface area contributed by atoms with Gasteiger partial charge >= 0.3 is 0 Å². The van der Waals surface area contributed by atoms with E-state index in [1.54, 1.807) is 0 Å². The smallest absolute Gasteiger partial charge is 0.0292 e. The highest BCUT2D eigenvalue weighted by atomic mass is 15.1. The highest BCUT2D eigenvalue weighted by molar-refractivity contribution is 5.31. The lowest BCUT2D eigenvalue weighted by Gasteiger charge is -2.28. The Bertz CT molecular complexity index is 410. The van der Waals surface area contributed by atoms with Gasteiger partial charge < -0.3 is 10.2 Å². The molecule has 0 aromatic heterocycles. The summed E-state index contributed by atoms with van der Waals surface area (Å²) in [6.07, 6.45) is 1.24. The Morgan fingerprint density at radius 3 is 2.20 bits per heavy atom. The highest BCUT2D eigenvalue weighted by Gasteiger charge is 2.15. The van der Waals surface area contributed by atoms with E-state index in [1.807, 2.05) is 0 Å². The molecule has 0 aliphatic heterocycles. The van der Waals surface area contributed by atoms with Crippen molar-refractivity contribution in [3.63, 3.8) is 0 Å². The fraction of sp³-hybridized carbons (Fsp3) is 0.667. The molecule has 0 fully saturated rings. The van der Waals surface area contributed by atoms with Gasteiger partial charge in [-0.3, -0.25) is 0 Å². The predicted molar refractivity (Wildman–Crippen MR) is 89.3 cm³/mol. The SMILES string of the molecule is Cc1ccc(C(C)NCC(CC(C)C)N(C)C)cc1C. The maximum Gasteiger partial charge on any atom is 0.0292 e. The van der Waals surface area contributed by atoms with Crippen LogP contribution in [0.25, 0.3) is 0 Å². The zero-order chi connectivity index (χ0) is 15.3. The van der Waals surface area contributed by atoms with E-state index in [4.69, 9.17) is 0 Å². The summed E-state index contributed by atoms with van der Waals surface area (Å²) >= 11 is 0. The molecule has 2 unspecified atom stereocenters. The molecule has 0 aliphatic rings. The van der Waals surface area contributed by atoms with Crippen LogP contribution in [0.4, 0.5) is 0 Å². The molecule has 1 aromatic rings. The maximum absolute atomic E-state index is 3.69. The van der Waals surface area contributed by atoms with Gasteiger partial charge in [-0.1, -0.05) is 32.0 Å². The van der Waals surface area contributed by atoms with Crippen molar-refractivity contribution in [2.45, 2.75) is 53.1 Å². The Labute approximate surface area is 125 Å². The van der Waals surface area contributed by atoms with Crippen LogP contribution in [0.3, 0.4) is 0 Å². The van der Waals surface area contributed by atoms with Gasteiger partial charge in [0, 0.05) is 18.6 Å². The Morgan fingerprint density at radius 1 is 1.05 bits per heavy atom. The van der Waals surface area contributed by atoms with E-state index in [9.17, 15) is 0 Å². The topological polar surface area (TPSA) is 15.3 Å². The summed E-state index contributed by atoms with van der Waals surface area (Å²) in [6, 6.07) is 7.78. The predicted octanol–water partition coefficient (Wildman–Crippen LogP) is 3.93. The standard InChI is InChI=1S/C18H32N2/c1-13(2)10-18(20(6)7)12-19-16(5)17-9-8-14(3)15(4)11-17/h8-9,11,13,16,18-19H,10,12H2,1-7H3. The van der Waals surface area contributed by atoms with Crippen molar-refractivity contribution in [3.05, 3.63) is 34.9 Å². The molecule has 0 bridgehead atoms. The van der Waals surface area contributed by atoms with Crippen LogP contribution in [-0.2, 0) is 0 Å². The van der Waals surface area contributed by atoms with Crippen molar-refractivity contribution in [1.82, 2.24) is 10.2 Å². The van der Waals surface area contributed by atoms with Crippen LogP contribution in [0.2, 0.25) is 0 Å². The molecule has 0 heterocycles. The molecule has 1 aromatic carbocycles. The van der Waals surface area contributed by atoms with Gasteiger partial charge in [-0.05, 0) is 63.9 Å².